The van der Waals surface area contributed by atoms with Gasteiger partial charge in [-0.1, -0.05) is 18.9 Å². The van der Waals surface area contributed by atoms with E-state index < -0.39 is 11.1 Å². The number of likely N-dealkylation sites (tertiary alicyclic amines) is 1. The summed E-state index contributed by atoms with van der Waals surface area (Å²) in [5.41, 5.74) is 0.159. The van der Waals surface area contributed by atoms with E-state index in [1.54, 1.807) is 35.2 Å². The molecule has 2 aliphatic heterocycles. The fraction of sp³-hybridized carbons (Fsp3) is 0.571. The topological polar surface area (TPSA) is 81.7 Å². The zero-order chi connectivity index (χ0) is 25.9. The maximum absolute atomic E-state index is 14.7. The van der Waals surface area contributed by atoms with Crippen LogP contribution in [0.15, 0.2) is 30.5 Å². The van der Waals surface area contributed by atoms with Gasteiger partial charge in [0, 0.05) is 30.9 Å². The highest BCUT2D eigenvalue weighted by atomic mass is 19.1. The standard InChI is InChI=1S/C28H35FN6O2/c1-27(2)15-35(21-9-4-5-10-21)23-22(33(3)25(27)37)14-30-26(32-23)31-20-8-6-7-18(13-20)24(36)34-16-28(29,17-34)19-11-12-19/h6-8,13-14,19,21H,4-5,9-12,15-17H2,1-3H3,(H,30,31,32). The lowest BCUT2D eigenvalue weighted by molar-refractivity contribution is -0.125. The highest BCUT2D eigenvalue weighted by Gasteiger charge is 2.55. The maximum Gasteiger partial charge on any atom is 0.254 e. The summed E-state index contributed by atoms with van der Waals surface area (Å²) in [6, 6.07) is 7.53. The van der Waals surface area contributed by atoms with Crippen LogP contribution < -0.4 is 15.1 Å². The zero-order valence-electron chi connectivity index (χ0n) is 21.8. The fourth-order valence-electron chi connectivity index (χ4n) is 6.16. The molecule has 0 atom stereocenters. The molecule has 2 amide bonds. The van der Waals surface area contributed by atoms with Gasteiger partial charge in [-0.3, -0.25) is 9.59 Å². The molecule has 6 rings (SSSR count). The monoisotopic (exact) mass is 506 g/mol. The Kier molecular flexibility index (Phi) is 5.65. The van der Waals surface area contributed by atoms with Gasteiger partial charge in [-0.25, -0.2) is 9.37 Å². The van der Waals surface area contributed by atoms with Crippen molar-refractivity contribution in [2.24, 2.45) is 11.3 Å². The number of aromatic nitrogens is 2. The molecule has 1 N–H and O–H groups in total. The molecule has 37 heavy (non-hydrogen) atoms. The largest absolute Gasteiger partial charge is 0.351 e. The molecule has 1 aromatic carbocycles. The van der Waals surface area contributed by atoms with Crippen LogP contribution in [0.3, 0.4) is 0 Å². The van der Waals surface area contributed by atoms with Gasteiger partial charge in [0.05, 0.1) is 24.7 Å². The Morgan fingerprint density at radius 2 is 1.84 bits per heavy atom. The second-order valence-corrected chi connectivity index (χ2v) is 11.9. The molecule has 0 spiro atoms. The van der Waals surface area contributed by atoms with E-state index in [2.05, 4.69) is 15.2 Å². The van der Waals surface area contributed by atoms with Crippen molar-refractivity contribution in [2.75, 3.05) is 41.8 Å². The van der Waals surface area contributed by atoms with Crippen molar-refractivity contribution in [1.29, 1.82) is 0 Å². The summed E-state index contributed by atoms with van der Waals surface area (Å²) in [5.74, 6) is 1.19. The van der Waals surface area contributed by atoms with Crippen LogP contribution in [-0.4, -0.2) is 65.1 Å². The molecule has 0 unspecified atom stereocenters. The third kappa shape index (κ3) is 4.32. The number of carbonyl (C=O) groups excluding carboxylic acids is 2. The van der Waals surface area contributed by atoms with Crippen molar-refractivity contribution in [3.63, 3.8) is 0 Å². The number of nitrogens with one attached hydrogen (secondary N) is 1. The predicted molar refractivity (Wildman–Crippen MR) is 141 cm³/mol. The highest BCUT2D eigenvalue weighted by molar-refractivity contribution is 6.01. The zero-order valence-corrected chi connectivity index (χ0v) is 21.8. The Morgan fingerprint density at radius 1 is 1.11 bits per heavy atom. The van der Waals surface area contributed by atoms with Crippen LogP contribution in [0, 0.1) is 11.3 Å². The van der Waals surface area contributed by atoms with Crippen molar-refractivity contribution >= 4 is 35.0 Å². The van der Waals surface area contributed by atoms with Gasteiger partial charge in [-0.15, -0.1) is 0 Å². The third-order valence-corrected chi connectivity index (χ3v) is 8.47. The number of halogens is 1. The molecule has 4 aliphatic rings. The van der Waals surface area contributed by atoms with Gasteiger partial charge in [0.25, 0.3) is 5.91 Å². The number of carbonyl (C=O) groups is 2. The maximum atomic E-state index is 14.7. The summed E-state index contributed by atoms with van der Waals surface area (Å²) in [6.45, 7) is 4.94. The van der Waals surface area contributed by atoms with Crippen molar-refractivity contribution in [1.82, 2.24) is 14.9 Å². The van der Waals surface area contributed by atoms with Crippen molar-refractivity contribution in [3.8, 4) is 0 Å². The smallest absolute Gasteiger partial charge is 0.254 e. The van der Waals surface area contributed by atoms with Crippen molar-refractivity contribution < 1.29 is 14.0 Å². The Hall–Kier alpha value is -3.23. The van der Waals surface area contributed by atoms with Gasteiger partial charge >= 0.3 is 0 Å². The molecule has 3 heterocycles. The molecule has 0 radical (unpaired) electrons. The SMILES string of the molecule is CN1C(=O)C(C)(C)CN(C2CCCC2)c2nc(Nc3cccc(C(=O)N4CC(F)(C5CC5)C4)c3)ncc21. The first-order valence-corrected chi connectivity index (χ1v) is 13.4. The first-order valence-electron chi connectivity index (χ1n) is 13.4. The first kappa shape index (κ1) is 24.1. The molecular formula is C28H35FN6O2. The van der Waals surface area contributed by atoms with Crippen LogP contribution in [0.25, 0.3) is 0 Å². The molecule has 2 aliphatic carbocycles. The van der Waals surface area contributed by atoms with Crippen molar-refractivity contribution in [2.45, 2.75) is 64.1 Å². The molecular weight excluding hydrogens is 471 g/mol. The Morgan fingerprint density at radius 3 is 2.54 bits per heavy atom. The van der Waals surface area contributed by atoms with Gasteiger partial charge in [-0.05, 0) is 63.6 Å². The Labute approximate surface area is 217 Å². The van der Waals surface area contributed by atoms with E-state index in [0.29, 0.717) is 35.5 Å². The molecule has 196 valence electrons. The van der Waals surface area contributed by atoms with Crippen LogP contribution in [-0.2, 0) is 4.79 Å². The van der Waals surface area contributed by atoms with Crippen LogP contribution in [0.2, 0.25) is 0 Å². The molecule has 0 bridgehead atoms. The Bertz CT molecular complexity index is 1230. The number of amides is 2. The van der Waals surface area contributed by atoms with Gasteiger partial charge in [0.1, 0.15) is 11.4 Å². The van der Waals surface area contributed by atoms with E-state index in [9.17, 15) is 14.0 Å². The molecule has 1 aromatic heterocycles. The summed E-state index contributed by atoms with van der Waals surface area (Å²) in [5, 5.41) is 3.25. The average Bonchev–Trinajstić information content (AvgIpc) is 3.59. The minimum Gasteiger partial charge on any atom is -0.351 e. The second kappa shape index (κ2) is 8.67. The first-order chi connectivity index (χ1) is 17.6. The minimum atomic E-state index is -1.20. The van der Waals surface area contributed by atoms with E-state index in [0.717, 1.165) is 31.5 Å². The number of hydrogen-bond donors (Lipinski definition) is 1. The van der Waals surface area contributed by atoms with Crippen LogP contribution in [0.1, 0.15) is 62.7 Å². The summed E-state index contributed by atoms with van der Waals surface area (Å²) < 4.78 is 14.7. The highest BCUT2D eigenvalue weighted by Crippen LogP contribution is 2.47. The number of nitrogens with zero attached hydrogens (tertiary/aromatic N) is 5. The van der Waals surface area contributed by atoms with Gasteiger partial charge < -0.3 is 20.0 Å². The van der Waals surface area contributed by atoms with Gasteiger partial charge in [0.15, 0.2) is 5.82 Å². The summed E-state index contributed by atoms with van der Waals surface area (Å²) in [4.78, 5) is 41.1. The van der Waals surface area contributed by atoms with E-state index >= 15 is 0 Å². The van der Waals surface area contributed by atoms with E-state index in [-0.39, 0.29) is 30.8 Å². The lowest BCUT2D eigenvalue weighted by Gasteiger charge is -2.44. The summed E-state index contributed by atoms with van der Waals surface area (Å²) >= 11 is 0. The fourth-order valence-corrected chi connectivity index (χ4v) is 6.16. The van der Waals surface area contributed by atoms with Crippen molar-refractivity contribution in [3.05, 3.63) is 36.0 Å². The van der Waals surface area contributed by atoms with Gasteiger partial charge in [0.2, 0.25) is 11.9 Å². The normalized spacial score (nSPS) is 22.9. The molecule has 9 heteroatoms. The lowest BCUT2D eigenvalue weighted by Crippen LogP contribution is -2.62. The molecule has 1 saturated heterocycles. The van der Waals surface area contributed by atoms with E-state index in [1.807, 2.05) is 26.0 Å². The van der Waals surface area contributed by atoms with E-state index in [1.165, 1.54) is 12.8 Å². The molecule has 8 nitrogen and oxygen atoms in total. The summed E-state index contributed by atoms with van der Waals surface area (Å²) in [7, 11) is 1.79. The average molecular weight is 507 g/mol. The lowest BCUT2D eigenvalue weighted by atomic mass is 9.90. The minimum absolute atomic E-state index is 0.0507. The number of fused-ring (bicyclic) bond motifs is 1. The van der Waals surface area contributed by atoms with E-state index in [4.69, 9.17) is 4.98 Å². The second-order valence-electron chi connectivity index (χ2n) is 11.9. The third-order valence-electron chi connectivity index (χ3n) is 8.47. The molecule has 2 saturated carbocycles. The molecule has 3 fully saturated rings. The van der Waals surface area contributed by atoms with Crippen LogP contribution in [0.5, 0.6) is 0 Å². The predicted octanol–water partition coefficient (Wildman–Crippen LogP) is 4.55. The Balaban J connectivity index is 1.25. The summed E-state index contributed by atoms with van der Waals surface area (Å²) in [6.07, 6.45) is 8.09. The van der Waals surface area contributed by atoms with Crippen LogP contribution >= 0.6 is 0 Å². The van der Waals surface area contributed by atoms with Gasteiger partial charge in [-0.2, -0.15) is 4.98 Å². The number of rotatable bonds is 5. The number of benzene rings is 1. The molecule has 2 aromatic rings. The number of alkyl halides is 1. The number of hydrogen-bond acceptors (Lipinski definition) is 6. The number of anilines is 4. The quantitative estimate of drug-likeness (QED) is 0.641. The van der Waals surface area contributed by atoms with Crippen LogP contribution in [0.4, 0.5) is 27.5 Å².